The molecule has 3 amide bonds. The first-order valence-electron chi connectivity index (χ1n) is 27.3. The molecule has 3 aliphatic rings. The molecule has 18 nitrogen and oxygen atoms in total. The summed E-state index contributed by atoms with van der Waals surface area (Å²) in [6, 6.07) is 22.0. The number of aliphatic hydroxyl groups excluding tert-OH is 1. The molecule has 0 saturated carbocycles. The highest BCUT2D eigenvalue weighted by atomic mass is 35.5. The Morgan fingerprint density at radius 1 is 1.00 bits per heavy atom. The van der Waals surface area contributed by atoms with E-state index in [2.05, 4.69) is 38.0 Å². The molecule has 3 fully saturated rings. The van der Waals surface area contributed by atoms with Gasteiger partial charge in [-0.3, -0.25) is 19.3 Å². The van der Waals surface area contributed by atoms with Gasteiger partial charge in [0.1, 0.15) is 35.7 Å². The van der Waals surface area contributed by atoms with E-state index in [1.807, 2.05) is 86.6 Å². The number of aryl methyl sites for hydroxylation is 1. The number of nitriles is 1. The SMILES string of the molecule is C=CC(=O)N1CCN(c2nc(OCCN3CCC(COc4cc([C@H](C(=O)N5C[C@H](O)C[C@H]5C(=O)N[C@@H](C)c5ccc(-c6scnc6C)cc5)C(C)C)on4)CC3)nc3c(F)c(-c4cc(O)cc5ccccc45)c(Cl)cc23)C[C@@H]1CC#N. The Hall–Kier alpha value is -7.70. The first-order valence-corrected chi connectivity index (χ1v) is 28.5. The molecule has 3 N–H and O–H groups in total. The van der Waals surface area contributed by atoms with Gasteiger partial charge in [0.05, 0.1) is 58.4 Å². The Balaban J connectivity index is 0.763. The predicted molar refractivity (Wildman–Crippen MR) is 306 cm³/mol. The number of nitrogens with zero attached hydrogens (tertiary/aromatic N) is 9. The van der Waals surface area contributed by atoms with Crippen LogP contribution in [0.4, 0.5) is 10.2 Å². The van der Waals surface area contributed by atoms with Gasteiger partial charge in [0, 0.05) is 56.2 Å². The molecule has 10 rings (SSSR count). The second-order valence-electron chi connectivity index (χ2n) is 21.4. The molecule has 3 aromatic heterocycles. The van der Waals surface area contributed by atoms with Crippen molar-refractivity contribution in [2.24, 2.45) is 11.8 Å². The van der Waals surface area contributed by atoms with Gasteiger partial charge in [-0.15, -0.1) is 11.3 Å². The number of ether oxygens (including phenoxy) is 2. The number of aromatic nitrogens is 4. The van der Waals surface area contributed by atoms with E-state index in [9.17, 15) is 29.9 Å². The number of nitrogens with one attached hydrogen (secondary N) is 1. The number of aliphatic hydroxyl groups is 1. The summed E-state index contributed by atoms with van der Waals surface area (Å²) in [5.74, 6) is -1.65. The molecule has 21 heteroatoms. The third-order valence-corrected chi connectivity index (χ3v) is 17.0. The summed E-state index contributed by atoms with van der Waals surface area (Å²) >= 11 is 8.53. The van der Waals surface area contributed by atoms with E-state index in [1.165, 1.54) is 17.0 Å². The number of amides is 3. The lowest BCUT2D eigenvalue weighted by Crippen LogP contribution is -2.55. The van der Waals surface area contributed by atoms with Crippen molar-refractivity contribution in [1.82, 2.24) is 40.1 Å². The van der Waals surface area contributed by atoms with Crippen LogP contribution >= 0.6 is 22.9 Å². The molecule has 4 aromatic carbocycles. The molecule has 6 heterocycles. The minimum Gasteiger partial charge on any atom is -0.508 e. The van der Waals surface area contributed by atoms with Crippen LogP contribution in [-0.4, -0.2) is 140 Å². The molecule has 422 valence electrons. The second-order valence-corrected chi connectivity index (χ2v) is 22.7. The molecule has 3 aliphatic heterocycles. The third kappa shape index (κ3) is 12.2. The fraction of sp³-hybridized carbons (Fsp3) is 0.400. The van der Waals surface area contributed by atoms with Gasteiger partial charge >= 0.3 is 6.01 Å². The van der Waals surface area contributed by atoms with Crippen LogP contribution in [0.1, 0.15) is 75.4 Å². The van der Waals surface area contributed by atoms with Crippen LogP contribution in [0.5, 0.6) is 17.6 Å². The average molecular weight is 1140 g/mol. The van der Waals surface area contributed by atoms with Crippen LogP contribution in [-0.2, 0) is 14.4 Å². The summed E-state index contributed by atoms with van der Waals surface area (Å²) in [4.78, 5) is 63.1. The number of piperazine rings is 1. The standard InChI is InChI=1S/C60H64ClFN10O8S/c1-6-51(75)71-22-21-70(30-41(71)15-18-63)57-46-28-47(61)53(45-26-42(73)25-40-9-7-8-10-44(40)45)54(62)55(46)66-60(67-57)78-24-23-69-19-16-37(17-20-69)32-79-50-29-49(80-68-50)52(34(2)3)59(77)72-31-43(74)27-48(72)58(76)65-35(4)38-11-13-39(14-12-38)56-36(5)64-33-81-56/h6-14,25-26,28-29,33-35,37,41,43,48,52,73-74H,1,15-17,19-24,27,30-32H2,2-5H3,(H,65,76)/t35-,41-,43+,48-,52+/m0/s1. The Labute approximate surface area is 477 Å². The van der Waals surface area contributed by atoms with E-state index in [0.29, 0.717) is 53.0 Å². The zero-order valence-electron chi connectivity index (χ0n) is 45.6. The number of phenolic OH excluding ortho intramolecular Hbond substituents is 1. The molecule has 5 atom stereocenters. The number of rotatable bonds is 18. The highest BCUT2D eigenvalue weighted by molar-refractivity contribution is 7.13. The maximum atomic E-state index is 17.3. The van der Waals surface area contributed by atoms with Gasteiger partial charge in [0.2, 0.25) is 17.7 Å². The van der Waals surface area contributed by atoms with Gasteiger partial charge in [-0.2, -0.15) is 15.2 Å². The molecule has 0 bridgehead atoms. The number of likely N-dealkylation sites (tertiary alicyclic amines) is 2. The number of anilines is 1. The highest BCUT2D eigenvalue weighted by Crippen LogP contribution is 2.43. The van der Waals surface area contributed by atoms with E-state index in [-0.39, 0.29) is 108 Å². The van der Waals surface area contributed by atoms with Crippen LogP contribution in [0.25, 0.3) is 43.2 Å². The molecule has 3 saturated heterocycles. The fourth-order valence-electron chi connectivity index (χ4n) is 11.4. The minimum absolute atomic E-state index is 0.0137. The van der Waals surface area contributed by atoms with Gasteiger partial charge < -0.3 is 44.2 Å². The molecule has 0 spiro atoms. The van der Waals surface area contributed by atoms with Crippen LogP contribution in [0.3, 0.4) is 0 Å². The molecule has 81 heavy (non-hydrogen) atoms. The first-order chi connectivity index (χ1) is 39.1. The number of piperidine rings is 1. The van der Waals surface area contributed by atoms with E-state index in [0.717, 1.165) is 47.6 Å². The van der Waals surface area contributed by atoms with Crippen LogP contribution in [0.15, 0.2) is 95.5 Å². The quantitative estimate of drug-likeness (QED) is 0.0681. The van der Waals surface area contributed by atoms with Gasteiger partial charge in [-0.25, -0.2) is 9.37 Å². The van der Waals surface area contributed by atoms with Crippen molar-refractivity contribution in [3.05, 3.63) is 119 Å². The smallest absolute Gasteiger partial charge is 0.319 e. The number of carbonyl (C=O) groups excluding carboxylic acids is 3. The zero-order chi connectivity index (χ0) is 57.1. The average Bonchev–Trinajstić information content (AvgIpc) is 4.33. The zero-order valence-corrected chi connectivity index (χ0v) is 47.1. The Morgan fingerprint density at radius 3 is 2.51 bits per heavy atom. The molecular formula is C60H64ClFN10O8S. The number of thiazole rings is 1. The maximum absolute atomic E-state index is 17.3. The van der Waals surface area contributed by atoms with Crippen molar-refractivity contribution in [2.45, 2.75) is 83.5 Å². The summed E-state index contributed by atoms with van der Waals surface area (Å²) in [6.07, 6.45) is 2.16. The van der Waals surface area contributed by atoms with Crippen molar-refractivity contribution in [3.63, 3.8) is 0 Å². The van der Waals surface area contributed by atoms with Crippen molar-refractivity contribution >= 4 is 68.2 Å². The number of hydrogen-bond acceptors (Lipinski definition) is 16. The Morgan fingerprint density at radius 2 is 1.78 bits per heavy atom. The molecule has 0 aliphatic carbocycles. The van der Waals surface area contributed by atoms with Gasteiger partial charge in [-0.05, 0) is 109 Å². The summed E-state index contributed by atoms with van der Waals surface area (Å²) in [5, 5.41) is 40.2. The maximum Gasteiger partial charge on any atom is 0.319 e. The van der Waals surface area contributed by atoms with Crippen molar-refractivity contribution in [2.75, 3.05) is 63.9 Å². The largest absolute Gasteiger partial charge is 0.508 e. The monoisotopic (exact) mass is 1140 g/mol. The topological polar surface area (TPSA) is 224 Å². The van der Waals surface area contributed by atoms with Gasteiger partial charge in [0.25, 0.3) is 5.88 Å². The fourth-order valence-corrected chi connectivity index (χ4v) is 12.5. The van der Waals surface area contributed by atoms with Gasteiger partial charge in [-0.1, -0.05) is 80.6 Å². The van der Waals surface area contributed by atoms with E-state index in [4.69, 9.17) is 30.6 Å². The Bertz CT molecular complexity index is 3510. The van der Waals surface area contributed by atoms with Crippen LogP contribution in [0.2, 0.25) is 5.02 Å². The van der Waals surface area contributed by atoms with Crippen molar-refractivity contribution in [3.8, 4) is 45.3 Å². The predicted octanol–water partition coefficient (Wildman–Crippen LogP) is 9.23. The van der Waals surface area contributed by atoms with Crippen molar-refractivity contribution < 1.29 is 43.0 Å². The minimum atomic E-state index is -0.872. The lowest BCUT2D eigenvalue weighted by Gasteiger charge is -2.41. The van der Waals surface area contributed by atoms with Gasteiger partial charge in [0.15, 0.2) is 11.6 Å². The highest BCUT2D eigenvalue weighted by Gasteiger charge is 2.44. The van der Waals surface area contributed by atoms with E-state index in [1.54, 1.807) is 34.4 Å². The number of carbonyl (C=O) groups is 3. The van der Waals surface area contributed by atoms with E-state index >= 15 is 4.39 Å². The summed E-state index contributed by atoms with van der Waals surface area (Å²) in [6.45, 7) is 14.7. The summed E-state index contributed by atoms with van der Waals surface area (Å²) < 4.78 is 35.4. The molecular weight excluding hydrogens is 1080 g/mol. The number of β-amino-alcohol motifs (C(OH)–C–C–N with tert-alkyl or cyclic N) is 1. The van der Waals surface area contributed by atoms with Crippen LogP contribution < -0.4 is 19.7 Å². The first kappa shape index (κ1) is 56.6. The van der Waals surface area contributed by atoms with Crippen LogP contribution in [0, 0.1) is 35.9 Å². The number of fused-ring (bicyclic) bond motifs is 2. The molecule has 0 unspecified atom stereocenters. The summed E-state index contributed by atoms with van der Waals surface area (Å²) in [7, 11) is 0. The molecule has 0 radical (unpaired) electrons. The lowest BCUT2D eigenvalue weighted by atomic mass is 9.91. The number of aromatic hydroxyl groups is 1. The number of benzene rings is 4. The number of hydrogen-bond donors (Lipinski definition) is 3. The third-order valence-electron chi connectivity index (χ3n) is 15.7. The second kappa shape index (κ2) is 24.6. The number of halogens is 2. The number of phenols is 1. The van der Waals surface area contributed by atoms with E-state index < -0.39 is 29.9 Å². The lowest BCUT2D eigenvalue weighted by molar-refractivity contribution is -0.141. The van der Waals surface area contributed by atoms with Crippen molar-refractivity contribution in [1.29, 1.82) is 5.26 Å². The normalized spacial score (nSPS) is 18.8. The molecule has 7 aromatic rings. The Kier molecular flexibility index (Phi) is 17.2. The summed E-state index contributed by atoms with van der Waals surface area (Å²) in [5.41, 5.74) is 5.14.